The van der Waals surface area contributed by atoms with Crippen LogP contribution in [0, 0.1) is 0 Å². The highest BCUT2D eigenvalue weighted by Crippen LogP contribution is 2.53. The molecule has 8 nitrogen and oxygen atoms in total. The third-order valence-electron chi connectivity index (χ3n) is 4.76. The number of nitrogens with one attached hydrogen (secondary N) is 1. The maximum Gasteiger partial charge on any atom is 0.328 e. The molecule has 1 aliphatic carbocycles. The van der Waals surface area contributed by atoms with Crippen molar-refractivity contribution in [2.24, 2.45) is 0 Å². The molecule has 1 aliphatic rings. The van der Waals surface area contributed by atoms with Gasteiger partial charge in [0.1, 0.15) is 0 Å². The van der Waals surface area contributed by atoms with E-state index in [2.05, 4.69) is 5.32 Å². The Bertz CT molecular complexity index is 746. The summed E-state index contributed by atoms with van der Waals surface area (Å²) >= 11 is 0. The predicted molar refractivity (Wildman–Crippen MR) is 95.9 cm³/mol. The molecule has 0 aliphatic heterocycles. The van der Waals surface area contributed by atoms with Crippen LogP contribution in [0.3, 0.4) is 0 Å². The van der Waals surface area contributed by atoms with Gasteiger partial charge in [-0.15, -0.1) is 0 Å². The lowest BCUT2D eigenvalue weighted by Crippen LogP contribution is -2.44. The van der Waals surface area contributed by atoms with Gasteiger partial charge < -0.3 is 24.3 Å². The number of hydrogen-bond donors (Lipinski definition) is 1. The fraction of sp³-hybridized carbons (Fsp3) is 0.526. The lowest BCUT2D eigenvalue weighted by Gasteiger charge is -2.25. The number of carbonyl (C=O) groups is 3. The van der Waals surface area contributed by atoms with Gasteiger partial charge in [0.25, 0.3) is 0 Å². The maximum atomic E-state index is 12.9. The van der Waals surface area contributed by atoms with Crippen molar-refractivity contribution in [1.29, 1.82) is 0 Å². The van der Waals surface area contributed by atoms with Gasteiger partial charge in [-0.1, -0.05) is 6.07 Å². The number of methoxy groups -OCH3 is 3. The molecule has 2 atom stereocenters. The molecule has 0 aromatic heterocycles. The molecule has 0 spiro atoms. The number of carbonyl (C=O) groups excluding carboxylic acids is 3. The fourth-order valence-electron chi connectivity index (χ4n) is 3.65. The Kier molecular flexibility index (Phi) is 6.30. The van der Waals surface area contributed by atoms with Crippen LogP contribution in [-0.4, -0.2) is 52.3 Å². The van der Waals surface area contributed by atoms with Crippen LogP contribution in [0.15, 0.2) is 12.1 Å². The Morgan fingerprint density at radius 1 is 1.15 bits per heavy atom. The molecule has 2 rings (SSSR count). The van der Waals surface area contributed by atoms with Crippen molar-refractivity contribution in [1.82, 2.24) is 5.32 Å². The smallest absolute Gasteiger partial charge is 0.328 e. The van der Waals surface area contributed by atoms with Gasteiger partial charge in [-0.3, -0.25) is 14.4 Å². The molecule has 1 amide bonds. The number of amides is 1. The van der Waals surface area contributed by atoms with Crippen LogP contribution in [0.5, 0.6) is 11.5 Å². The summed E-state index contributed by atoms with van der Waals surface area (Å²) in [6.07, 6.45) is 0.0949. The first-order chi connectivity index (χ1) is 12.9. The molecule has 1 N–H and O–H groups in total. The van der Waals surface area contributed by atoms with Crippen LogP contribution in [-0.2, 0) is 29.3 Å². The fourth-order valence-corrected chi connectivity index (χ4v) is 3.65. The highest BCUT2D eigenvalue weighted by molar-refractivity contribution is 6.08. The normalized spacial score (nSPS) is 20.4. The van der Waals surface area contributed by atoms with E-state index >= 15 is 0 Å². The molecule has 1 aromatic rings. The van der Waals surface area contributed by atoms with Crippen LogP contribution in [0.1, 0.15) is 37.3 Å². The van der Waals surface area contributed by atoms with E-state index in [1.54, 1.807) is 19.1 Å². The lowest BCUT2D eigenvalue weighted by molar-refractivity contribution is -0.163. The second kappa shape index (κ2) is 8.28. The van der Waals surface area contributed by atoms with Gasteiger partial charge in [-0.25, -0.2) is 0 Å². The molecule has 0 bridgehead atoms. The average molecular weight is 379 g/mol. The largest absolute Gasteiger partial charge is 0.493 e. The van der Waals surface area contributed by atoms with E-state index in [0.29, 0.717) is 22.6 Å². The Hall–Kier alpha value is -2.77. The minimum atomic E-state index is -1.62. The van der Waals surface area contributed by atoms with Crippen LogP contribution in [0.2, 0.25) is 0 Å². The standard InChI is InChI=1S/C19H25NO7/c1-6-27-18(23)19(17(22)26-5)9-12(10-20-11(2)21)15-13(19)7-8-14(24-3)16(15)25-4/h7-8,12H,6,9-10H2,1-5H3,(H,20,21). The van der Waals surface area contributed by atoms with E-state index in [0.717, 1.165) is 0 Å². The molecular weight excluding hydrogens is 354 g/mol. The second-order valence-electron chi connectivity index (χ2n) is 6.22. The molecule has 2 unspecified atom stereocenters. The van der Waals surface area contributed by atoms with Gasteiger partial charge in [-0.2, -0.15) is 0 Å². The zero-order chi connectivity index (χ0) is 20.2. The SMILES string of the molecule is CCOC(=O)C1(C(=O)OC)CC(CNC(C)=O)c2c1ccc(OC)c2OC. The molecule has 148 valence electrons. The van der Waals surface area contributed by atoms with E-state index in [9.17, 15) is 14.4 Å². The molecule has 8 heteroatoms. The second-order valence-corrected chi connectivity index (χ2v) is 6.22. The summed E-state index contributed by atoms with van der Waals surface area (Å²) in [5, 5.41) is 2.74. The predicted octanol–water partition coefficient (Wildman–Crippen LogP) is 1.30. The Morgan fingerprint density at radius 3 is 2.37 bits per heavy atom. The number of fused-ring (bicyclic) bond motifs is 1. The van der Waals surface area contributed by atoms with Gasteiger partial charge in [-0.05, 0) is 25.0 Å². The van der Waals surface area contributed by atoms with Crippen LogP contribution >= 0.6 is 0 Å². The summed E-state index contributed by atoms with van der Waals surface area (Å²) in [7, 11) is 4.21. The van der Waals surface area contributed by atoms with E-state index in [1.807, 2.05) is 0 Å². The summed E-state index contributed by atoms with van der Waals surface area (Å²) in [5.41, 5.74) is -0.548. The molecule has 27 heavy (non-hydrogen) atoms. The molecule has 0 heterocycles. The first kappa shape index (κ1) is 20.5. The van der Waals surface area contributed by atoms with Crippen molar-refractivity contribution in [3.63, 3.8) is 0 Å². The number of esters is 2. The molecule has 0 radical (unpaired) electrons. The highest BCUT2D eigenvalue weighted by Gasteiger charge is 2.58. The van der Waals surface area contributed by atoms with Crippen molar-refractivity contribution in [3.8, 4) is 11.5 Å². The number of ether oxygens (including phenoxy) is 4. The van der Waals surface area contributed by atoms with Crippen LogP contribution in [0.25, 0.3) is 0 Å². The number of benzene rings is 1. The minimum absolute atomic E-state index is 0.0949. The molecule has 0 fully saturated rings. The van der Waals surface area contributed by atoms with E-state index < -0.39 is 17.4 Å². The van der Waals surface area contributed by atoms with Crippen molar-refractivity contribution >= 4 is 17.8 Å². The van der Waals surface area contributed by atoms with Crippen molar-refractivity contribution < 1.29 is 33.3 Å². The Morgan fingerprint density at radius 2 is 1.85 bits per heavy atom. The molecular formula is C19H25NO7. The summed E-state index contributed by atoms with van der Waals surface area (Å²) in [5.74, 6) is -1.09. The van der Waals surface area contributed by atoms with Gasteiger partial charge in [0.05, 0.1) is 27.9 Å². The molecule has 1 aromatic carbocycles. The van der Waals surface area contributed by atoms with Gasteiger partial charge in [0, 0.05) is 24.9 Å². The number of hydrogen-bond acceptors (Lipinski definition) is 7. The maximum absolute atomic E-state index is 12.9. The van der Waals surface area contributed by atoms with Crippen molar-refractivity contribution in [2.45, 2.75) is 31.6 Å². The lowest BCUT2D eigenvalue weighted by atomic mass is 9.81. The van der Waals surface area contributed by atoms with Crippen LogP contribution < -0.4 is 14.8 Å². The quantitative estimate of drug-likeness (QED) is 0.563. The third kappa shape index (κ3) is 3.43. The highest BCUT2D eigenvalue weighted by atomic mass is 16.6. The van der Waals surface area contributed by atoms with Crippen LogP contribution in [0.4, 0.5) is 0 Å². The number of rotatable bonds is 7. The molecule has 0 saturated heterocycles. The van der Waals surface area contributed by atoms with E-state index in [1.165, 1.54) is 28.3 Å². The zero-order valence-electron chi connectivity index (χ0n) is 16.2. The van der Waals surface area contributed by atoms with E-state index in [-0.39, 0.29) is 31.4 Å². The van der Waals surface area contributed by atoms with Gasteiger partial charge >= 0.3 is 11.9 Å². The van der Waals surface area contributed by atoms with Crippen molar-refractivity contribution in [3.05, 3.63) is 23.3 Å². The summed E-state index contributed by atoms with van der Waals surface area (Å²) < 4.78 is 21.1. The third-order valence-corrected chi connectivity index (χ3v) is 4.76. The Labute approximate surface area is 158 Å². The van der Waals surface area contributed by atoms with Gasteiger partial charge in [0.15, 0.2) is 16.9 Å². The summed E-state index contributed by atoms with van der Waals surface area (Å²) in [6.45, 7) is 3.42. The van der Waals surface area contributed by atoms with E-state index in [4.69, 9.17) is 18.9 Å². The first-order valence-corrected chi connectivity index (χ1v) is 8.62. The minimum Gasteiger partial charge on any atom is -0.493 e. The monoisotopic (exact) mass is 379 g/mol. The average Bonchev–Trinajstić information content (AvgIpc) is 3.00. The Balaban J connectivity index is 2.71. The van der Waals surface area contributed by atoms with Crippen molar-refractivity contribution in [2.75, 3.05) is 34.5 Å². The topological polar surface area (TPSA) is 100 Å². The van der Waals surface area contributed by atoms with Gasteiger partial charge in [0.2, 0.25) is 5.91 Å². The summed E-state index contributed by atoms with van der Waals surface area (Å²) in [4.78, 5) is 37.1. The molecule has 0 saturated carbocycles. The summed E-state index contributed by atoms with van der Waals surface area (Å²) in [6, 6.07) is 3.29. The zero-order valence-corrected chi connectivity index (χ0v) is 16.2. The first-order valence-electron chi connectivity index (χ1n) is 8.62.